The largest absolute Gasteiger partial charge is 0.308 e. The number of halogens is 1. The summed E-state index contributed by atoms with van der Waals surface area (Å²) in [5, 5.41) is 3.56. The van der Waals surface area contributed by atoms with Gasteiger partial charge < -0.3 is 5.32 Å². The number of rotatable bonds is 3. The van der Waals surface area contributed by atoms with E-state index in [2.05, 4.69) is 53.0 Å². The molecule has 0 saturated carbocycles. The summed E-state index contributed by atoms with van der Waals surface area (Å²) in [5.74, 6) is 2.56. The smallest absolute Gasteiger partial charge is 0.0252 e. The van der Waals surface area contributed by atoms with Crippen molar-refractivity contribution in [3.63, 3.8) is 0 Å². The highest BCUT2D eigenvalue weighted by molar-refractivity contribution is 14.1. The SMILES string of the molecule is Cc1cc(CNC2CSC2)ccc1I. The maximum Gasteiger partial charge on any atom is 0.0252 e. The van der Waals surface area contributed by atoms with Gasteiger partial charge in [-0.05, 0) is 46.7 Å². The first kappa shape index (κ1) is 10.8. The normalized spacial score (nSPS) is 16.7. The molecular weight excluding hydrogens is 305 g/mol. The molecule has 0 bridgehead atoms. The van der Waals surface area contributed by atoms with Crippen molar-refractivity contribution in [1.29, 1.82) is 0 Å². The topological polar surface area (TPSA) is 12.0 Å². The van der Waals surface area contributed by atoms with Gasteiger partial charge in [0.05, 0.1) is 0 Å². The van der Waals surface area contributed by atoms with Gasteiger partial charge in [-0.15, -0.1) is 0 Å². The lowest BCUT2D eigenvalue weighted by atomic mass is 10.1. The van der Waals surface area contributed by atoms with Crippen LogP contribution in [0.4, 0.5) is 0 Å². The van der Waals surface area contributed by atoms with E-state index >= 15 is 0 Å². The van der Waals surface area contributed by atoms with E-state index in [1.807, 2.05) is 11.8 Å². The Labute approximate surface area is 103 Å². The molecule has 1 aliphatic heterocycles. The van der Waals surface area contributed by atoms with Crippen LogP contribution in [0, 0.1) is 10.5 Å². The van der Waals surface area contributed by atoms with Crippen molar-refractivity contribution >= 4 is 34.4 Å². The number of benzene rings is 1. The second-order valence-electron chi connectivity index (χ2n) is 3.70. The quantitative estimate of drug-likeness (QED) is 0.860. The summed E-state index contributed by atoms with van der Waals surface area (Å²) in [6.07, 6.45) is 0. The fourth-order valence-corrected chi connectivity index (χ4v) is 2.48. The van der Waals surface area contributed by atoms with Gasteiger partial charge in [0.2, 0.25) is 0 Å². The van der Waals surface area contributed by atoms with Crippen molar-refractivity contribution in [2.45, 2.75) is 19.5 Å². The van der Waals surface area contributed by atoms with E-state index in [9.17, 15) is 0 Å². The molecule has 0 spiro atoms. The molecule has 0 aromatic heterocycles. The fraction of sp³-hybridized carbons (Fsp3) is 0.455. The third-order valence-electron chi connectivity index (χ3n) is 2.46. The van der Waals surface area contributed by atoms with Gasteiger partial charge in [0.15, 0.2) is 0 Å². The Balaban J connectivity index is 1.91. The maximum absolute atomic E-state index is 3.56. The first-order chi connectivity index (χ1) is 6.75. The molecule has 0 radical (unpaired) electrons. The molecule has 1 nitrogen and oxygen atoms in total. The number of hydrogen-bond donors (Lipinski definition) is 1. The molecule has 14 heavy (non-hydrogen) atoms. The molecule has 1 aromatic rings. The van der Waals surface area contributed by atoms with Gasteiger partial charge in [0.1, 0.15) is 0 Å². The van der Waals surface area contributed by atoms with E-state index in [-0.39, 0.29) is 0 Å². The van der Waals surface area contributed by atoms with Crippen LogP contribution in [0.2, 0.25) is 0 Å². The molecule has 1 aliphatic rings. The first-order valence-electron chi connectivity index (χ1n) is 4.82. The van der Waals surface area contributed by atoms with Crippen LogP contribution in [0.5, 0.6) is 0 Å². The first-order valence-corrected chi connectivity index (χ1v) is 7.05. The van der Waals surface area contributed by atoms with Crippen molar-refractivity contribution in [2.75, 3.05) is 11.5 Å². The van der Waals surface area contributed by atoms with Crippen molar-refractivity contribution in [3.8, 4) is 0 Å². The molecule has 3 heteroatoms. The Bertz CT molecular complexity index is 323. The minimum Gasteiger partial charge on any atom is -0.308 e. The van der Waals surface area contributed by atoms with Gasteiger partial charge in [0, 0.05) is 27.7 Å². The maximum atomic E-state index is 3.56. The minimum absolute atomic E-state index is 0.750. The average Bonchev–Trinajstić information content (AvgIpc) is 2.08. The highest BCUT2D eigenvalue weighted by Gasteiger charge is 2.16. The Kier molecular flexibility index (Phi) is 3.73. The van der Waals surface area contributed by atoms with Crippen molar-refractivity contribution < 1.29 is 0 Å². The second kappa shape index (κ2) is 4.86. The van der Waals surface area contributed by atoms with E-state index in [0.717, 1.165) is 12.6 Å². The molecule has 1 N–H and O–H groups in total. The summed E-state index contributed by atoms with van der Waals surface area (Å²) in [4.78, 5) is 0. The van der Waals surface area contributed by atoms with Gasteiger partial charge >= 0.3 is 0 Å². The Hall–Kier alpha value is 0.260. The summed E-state index contributed by atoms with van der Waals surface area (Å²) in [6, 6.07) is 7.44. The van der Waals surface area contributed by atoms with Crippen LogP contribution in [-0.4, -0.2) is 17.5 Å². The standard InChI is InChI=1S/C11H14INS/c1-8-4-9(2-3-11(8)12)5-13-10-6-14-7-10/h2-4,10,13H,5-7H2,1H3. The minimum atomic E-state index is 0.750. The third kappa shape index (κ3) is 2.64. The summed E-state index contributed by atoms with van der Waals surface area (Å²) in [6.45, 7) is 3.19. The van der Waals surface area contributed by atoms with Crippen molar-refractivity contribution in [1.82, 2.24) is 5.32 Å². The van der Waals surface area contributed by atoms with E-state index in [4.69, 9.17) is 0 Å². The molecule has 1 fully saturated rings. The third-order valence-corrected chi connectivity index (χ3v) is 4.94. The van der Waals surface area contributed by atoms with Crippen molar-refractivity contribution in [3.05, 3.63) is 32.9 Å². The lowest BCUT2D eigenvalue weighted by molar-refractivity contribution is 0.583. The van der Waals surface area contributed by atoms with E-state index in [0.29, 0.717) is 0 Å². The molecule has 0 unspecified atom stereocenters. The number of thioether (sulfide) groups is 1. The highest BCUT2D eigenvalue weighted by atomic mass is 127. The van der Waals surface area contributed by atoms with Crippen molar-refractivity contribution in [2.24, 2.45) is 0 Å². The zero-order valence-corrected chi connectivity index (χ0v) is 11.2. The van der Waals surface area contributed by atoms with Crippen LogP contribution in [0.25, 0.3) is 0 Å². The van der Waals surface area contributed by atoms with Crippen LogP contribution in [0.3, 0.4) is 0 Å². The van der Waals surface area contributed by atoms with Gasteiger partial charge in [-0.1, -0.05) is 12.1 Å². The summed E-state index contributed by atoms with van der Waals surface area (Å²) in [5.41, 5.74) is 2.78. The van der Waals surface area contributed by atoms with Gasteiger partial charge in [0.25, 0.3) is 0 Å². The zero-order valence-electron chi connectivity index (χ0n) is 8.22. The van der Waals surface area contributed by atoms with Gasteiger partial charge in [-0.3, -0.25) is 0 Å². The Morgan fingerprint density at radius 3 is 2.86 bits per heavy atom. The summed E-state index contributed by atoms with van der Waals surface area (Å²) in [7, 11) is 0. The molecule has 1 aromatic carbocycles. The summed E-state index contributed by atoms with van der Waals surface area (Å²) >= 11 is 4.40. The molecule has 2 rings (SSSR count). The van der Waals surface area contributed by atoms with E-state index in [1.54, 1.807) is 0 Å². The molecule has 0 amide bonds. The van der Waals surface area contributed by atoms with Crippen LogP contribution in [0.1, 0.15) is 11.1 Å². The molecular formula is C11H14INS. The van der Waals surface area contributed by atoms with Crippen LogP contribution >= 0.6 is 34.4 Å². The molecule has 0 aliphatic carbocycles. The second-order valence-corrected chi connectivity index (χ2v) is 5.94. The Morgan fingerprint density at radius 1 is 1.50 bits per heavy atom. The van der Waals surface area contributed by atoms with E-state index in [1.165, 1.54) is 26.2 Å². The van der Waals surface area contributed by atoms with E-state index < -0.39 is 0 Å². The molecule has 76 valence electrons. The highest BCUT2D eigenvalue weighted by Crippen LogP contribution is 2.18. The number of aryl methyl sites for hydroxylation is 1. The van der Waals surface area contributed by atoms with Crippen LogP contribution in [-0.2, 0) is 6.54 Å². The predicted molar refractivity (Wildman–Crippen MR) is 71.8 cm³/mol. The number of nitrogens with one attached hydrogen (secondary N) is 1. The fourth-order valence-electron chi connectivity index (χ4n) is 1.43. The van der Waals surface area contributed by atoms with Crippen LogP contribution in [0.15, 0.2) is 18.2 Å². The average molecular weight is 319 g/mol. The zero-order chi connectivity index (χ0) is 9.97. The summed E-state index contributed by atoms with van der Waals surface area (Å²) < 4.78 is 1.35. The molecule has 1 saturated heterocycles. The van der Waals surface area contributed by atoms with Gasteiger partial charge in [-0.25, -0.2) is 0 Å². The lowest BCUT2D eigenvalue weighted by Gasteiger charge is -2.26. The predicted octanol–water partition coefficient (Wildman–Crippen LogP) is 2.80. The van der Waals surface area contributed by atoms with Gasteiger partial charge in [-0.2, -0.15) is 11.8 Å². The Morgan fingerprint density at radius 2 is 2.29 bits per heavy atom. The monoisotopic (exact) mass is 319 g/mol. The van der Waals surface area contributed by atoms with Crippen LogP contribution < -0.4 is 5.32 Å². The lowest BCUT2D eigenvalue weighted by Crippen LogP contribution is -2.39. The molecule has 0 atom stereocenters. The molecule has 1 heterocycles. The number of hydrogen-bond acceptors (Lipinski definition) is 2.